The van der Waals surface area contributed by atoms with E-state index in [2.05, 4.69) is 144 Å². The Morgan fingerprint density at radius 2 is 0.603 bits per heavy atom. The Bertz CT molecular complexity index is 2580. The van der Waals surface area contributed by atoms with Crippen LogP contribution in [-0.2, 0) is 0 Å². The molecular weight excluding hydrogens is 984 g/mol. The van der Waals surface area contributed by atoms with E-state index in [1.54, 1.807) is 24.9 Å². The lowest BCUT2D eigenvalue weighted by molar-refractivity contribution is 1.25. The first-order valence-corrected chi connectivity index (χ1v) is 21.0. The summed E-state index contributed by atoms with van der Waals surface area (Å²) in [7, 11) is 0. The van der Waals surface area contributed by atoms with Gasteiger partial charge in [-0.3, -0.25) is 20.0 Å². The van der Waals surface area contributed by atoms with Crippen LogP contribution in [0.1, 0.15) is 22.8 Å². The SMILES string of the molecule is Brc1cccc(C=Nc2cc(N=Cc3cccc(Br)n3)cc(-c3ccc4cc(-c5cc(N=Cc6cccc(Br)n6)cc(N=Cc6cccc(Br)n6)c5)ccc4c3)c2)n1. The van der Waals surface area contributed by atoms with Crippen LogP contribution in [0.3, 0.4) is 0 Å². The zero-order chi connectivity index (χ0) is 39.8. The van der Waals surface area contributed by atoms with Crippen LogP contribution in [0.15, 0.2) is 184 Å². The molecule has 0 saturated heterocycles. The van der Waals surface area contributed by atoms with Gasteiger partial charge in [-0.15, -0.1) is 0 Å². The number of halogens is 4. The van der Waals surface area contributed by atoms with Gasteiger partial charge in [-0.1, -0.05) is 48.5 Å². The third-order valence-corrected chi connectivity index (χ3v) is 10.4. The Labute approximate surface area is 368 Å². The fourth-order valence-electron chi connectivity index (χ4n) is 5.97. The van der Waals surface area contributed by atoms with Gasteiger partial charge in [0.25, 0.3) is 0 Å². The standard InChI is InChI=1S/C46H28Br4N8/c47-43-9-1-5-35(55-43)25-51-39-19-33(20-40(23-39)52-26-36-6-2-10-44(48)56-36)31-15-13-30-18-32(16-14-29(30)17-31)34-21-41(53-27-37-7-3-11-45(49)57-37)24-42(22-34)54-28-38-8-4-12-46(50)58-38/h1-28H. The molecule has 8 aromatic rings. The van der Waals surface area contributed by atoms with Crippen molar-refractivity contribution in [2.45, 2.75) is 0 Å². The summed E-state index contributed by atoms with van der Waals surface area (Å²) < 4.78 is 2.98. The monoisotopic (exact) mass is 1010 g/mol. The Balaban J connectivity index is 1.14. The molecule has 58 heavy (non-hydrogen) atoms. The van der Waals surface area contributed by atoms with E-state index in [0.717, 1.165) is 97.0 Å². The summed E-state index contributed by atoms with van der Waals surface area (Å²) >= 11 is 13.8. The maximum absolute atomic E-state index is 4.79. The van der Waals surface area contributed by atoms with Crippen LogP contribution in [0.5, 0.6) is 0 Å². The van der Waals surface area contributed by atoms with Crippen molar-refractivity contribution in [2.24, 2.45) is 20.0 Å². The highest BCUT2D eigenvalue weighted by atomic mass is 79.9. The van der Waals surface area contributed by atoms with Crippen molar-refractivity contribution in [1.29, 1.82) is 0 Å². The molecular formula is C46H28Br4N8. The summed E-state index contributed by atoms with van der Waals surface area (Å²) in [5.41, 5.74) is 9.96. The first kappa shape index (κ1) is 39.2. The molecule has 12 heteroatoms. The van der Waals surface area contributed by atoms with Crippen molar-refractivity contribution < 1.29 is 0 Å². The van der Waals surface area contributed by atoms with Crippen LogP contribution < -0.4 is 0 Å². The van der Waals surface area contributed by atoms with E-state index in [9.17, 15) is 0 Å². The van der Waals surface area contributed by atoms with Crippen molar-refractivity contribution in [1.82, 2.24) is 19.9 Å². The van der Waals surface area contributed by atoms with Crippen molar-refractivity contribution in [3.05, 3.63) is 187 Å². The molecule has 0 amide bonds. The summed E-state index contributed by atoms with van der Waals surface area (Å²) in [6.45, 7) is 0. The fraction of sp³-hybridized carbons (Fsp3) is 0. The Morgan fingerprint density at radius 3 is 0.879 bits per heavy atom. The molecule has 0 unspecified atom stereocenters. The van der Waals surface area contributed by atoms with E-state index in [0.29, 0.717) is 0 Å². The van der Waals surface area contributed by atoms with Gasteiger partial charge >= 0.3 is 0 Å². The summed E-state index contributed by atoms with van der Waals surface area (Å²) in [6, 6.07) is 47.9. The Hall–Kier alpha value is -5.66. The predicted octanol–water partition coefficient (Wildman–Crippen LogP) is 13.8. The van der Waals surface area contributed by atoms with Crippen LogP contribution in [0.4, 0.5) is 22.7 Å². The second-order valence-corrected chi connectivity index (χ2v) is 16.1. The molecule has 280 valence electrons. The number of pyridine rings is 4. The smallest absolute Gasteiger partial charge is 0.106 e. The first-order valence-electron chi connectivity index (χ1n) is 17.8. The van der Waals surface area contributed by atoms with Gasteiger partial charge in [-0.25, -0.2) is 19.9 Å². The molecule has 8 rings (SSSR count). The topological polar surface area (TPSA) is 101 Å². The van der Waals surface area contributed by atoms with Gasteiger partial charge in [0.1, 0.15) is 18.4 Å². The Morgan fingerprint density at radius 1 is 0.310 bits per heavy atom. The fourth-order valence-corrected chi connectivity index (χ4v) is 7.40. The average molecular weight is 1010 g/mol. The van der Waals surface area contributed by atoms with Gasteiger partial charge in [-0.2, -0.15) is 0 Å². The summed E-state index contributed by atoms with van der Waals surface area (Å²) in [5.74, 6) is 0. The van der Waals surface area contributed by atoms with Gasteiger partial charge in [0.15, 0.2) is 0 Å². The number of benzene rings is 4. The number of nitrogens with zero attached hydrogens (tertiary/aromatic N) is 8. The summed E-state index contributed by atoms with van der Waals surface area (Å²) in [4.78, 5) is 37.2. The van der Waals surface area contributed by atoms with E-state index in [-0.39, 0.29) is 0 Å². The summed E-state index contributed by atoms with van der Waals surface area (Å²) in [6.07, 6.45) is 7.01. The van der Waals surface area contributed by atoms with E-state index in [1.165, 1.54) is 0 Å². The number of hydrogen-bond acceptors (Lipinski definition) is 8. The lowest BCUT2D eigenvalue weighted by Crippen LogP contribution is -1.88. The zero-order valence-corrected chi connectivity index (χ0v) is 36.6. The van der Waals surface area contributed by atoms with Crippen LogP contribution in [0.2, 0.25) is 0 Å². The molecule has 0 saturated carbocycles. The highest BCUT2D eigenvalue weighted by molar-refractivity contribution is 9.11. The predicted molar refractivity (Wildman–Crippen MR) is 252 cm³/mol. The third-order valence-electron chi connectivity index (χ3n) is 8.64. The molecule has 0 fully saturated rings. The molecule has 4 aromatic heterocycles. The molecule has 8 nitrogen and oxygen atoms in total. The number of aromatic nitrogens is 4. The molecule has 0 aliphatic rings. The number of aliphatic imine (C=N–C) groups is 4. The minimum Gasteiger partial charge on any atom is -0.255 e. The molecule has 4 aromatic carbocycles. The normalized spacial score (nSPS) is 11.9. The quantitative estimate of drug-likeness (QED) is 0.101. The Kier molecular flexibility index (Phi) is 12.4. The maximum Gasteiger partial charge on any atom is 0.106 e. The number of fused-ring (bicyclic) bond motifs is 1. The van der Waals surface area contributed by atoms with Crippen LogP contribution in [0, 0.1) is 0 Å². The number of hydrogen-bond donors (Lipinski definition) is 0. The van der Waals surface area contributed by atoms with Crippen LogP contribution in [0.25, 0.3) is 33.0 Å². The molecule has 0 bridgehead atoms. The third kappa shape index (κ3) is 10.4. The summed E-state index contributed by atoms with van der Waals surface area (Å²) in [5, 5.41) is 2.18. The van der Waals surface area contributed by atoms with E-state index in [1.807, 2.05) is 84.9 Å². The lowest BCUT2D eigenvalue weighted by Gasteiger charge is -2.10. The lowest BCUT2D eigenvalue weighted by atomic mass is 9.97. The molecule has 0 N–H and O–H groups in total. The second-order valence-electron chi connectivity index (χ2n) is 12.8. The van der Waals surface area contributed by atoms with Crippen LogP contribution >= 0.6 is 63.7 Å². The first-order chi connectivity index (χ1) is 28.3. The minimum absolute atomic E-state index is 0.740. The largest absolute Gasteiger partial charge is 0.255 e. The average Bonchev–Trinajstić information content (AvgIpc) is 3.23. The van der Waals surface area contributed by atoms with E-state index >= 15 is 0 Å². The highest BCUT2D eigenvalue weighted by Crippen LogP contribution is 2.35. The van der Waals surface area contributed by atoms with Crippen molar-refractivity contribution in [2.75, 3.05) is 0 Å². The van der Waals surface area contributed by atoms with Gasteiger partial charge in [-0.05, 0) is 194 Å². The zero-order valence-electron chi connectivity index (χ0n) is 30.3. The van der Waals surface area contributed by atoms with Crippen LogP contribution in [-0.4, -0.2) is 44.8 Å². The molecule has 0 radical (unpaired) electrons. The number of rotatable bonds is 10. The second kappa shape index (κ2) is 18.3. The van der Waals surface area contributed by atoms with Crippen molar-refractivity contribution in [3.8, 4) is 22.3 Å². The van der Waals surface area contributed by atoms with E-state index in [4.69, 9.17) is 20.0 Å². The van der Waals surface area contributed by atoms with Crippen molar-refractivity contribution >= 4 is 122 Å². The van der Waals surface area contributed by atoms with Gasteiger partial charge in [0.05, 0.1) is 70.4 Å². The molecule has 0 spiro atoms. The van der Waals surface area contributed by atoms with Gasteiger partial charge in [0.2, 0.25) is 0 Å². The van der Waals surface area contributed by atoms with Crippen molar-refractivity contribution in [3.63, 3.8) is 0 Å². The molecule has 0 atom stereocenters. The molecule has 0 aliphatic heterocycles. The maximum atomic E-state index is 4.79. The van der Waals surface area contributed by atoms with E-state index < -0.39 is 0 Å². The molecule has 0 aliphatic carbocycles. The molecule has 4 heterocycles. The van der Waals surface area contributed by atoms with Gasteiger partial charge < -0.3 is 0 Å². The highest BCUT2D eigenvalue weighted by Gasteiger charge is 2.09. The minimum atomic E-state index is 0.740. The van der Waals surface area contributed by atoms with Gasteiger partial charge in [0, 0.05) is 0 Å².